The number of rotatable bonds is 3. The van der Waals surface area contributed by atoms with Crippen LogP contribution in [0.3, 0.4) is 0 Å². The highest BCUT2D eigenvalue weighted by Crippen LogP contribution is 2.48. The third-order valence-corrected chi connectivity index (χ3v) is 5.35. The van der Waals surface area contributed by atoms with Crippen LogP contribution in [0.2, 0.25) is 0 Å². The number of methoxy groups -OCH3 is 1. The lowest BCUT2D eigenvalue weighted by Crippen LogP contribution is -2.15. The molecule has 2 nitrogen and oxygen atoms in total. The second-order valence-corrected chi connectivity index (χ2v) is 6.65. The van der Waals surface area contributed by atoms with Crippen LogP contribution in [0, 0.1) is 0 Å². The Hall–Kier alpha value is -1.74. The molecule has 1 fully saturated rings. The second-order valence-electron chi connectivity index (χ2n) is 5.24. The molecule has 0 saturated carbocycles. The van der Waals surface area contributed by atoms with Crippen molar-refractivity contribution in [1.82, 2.24) is 0 Å². The number of hydrogen-bond donors (Lipinski definition) is 0. The molecule has 1 aliphatic rings. The Labute approximate surface area is 129 Å². The zero-order valence-corrected chi connectivity index (χ0v) is 12.8. The third-order valence-electron chi connectivity index (χ3n) is 3.81. The Morgan fingerprint density at radius 1 is 0.905 bits per heavy atom. The Balaban J connectivity index is 1.81. The summed E-state index contributed by atoms with van der Waals surface area (Å²) >= 11 is 1.89. The molecule has 0 N–H and O–H groups in total. The molecule has 0 spiro atoms. The summed E-state index contributed by atoms with van der Waals surface area (Å²) in [7, 11) is 1.67. The molecule has 2 aromatic carbocycles. The van der Waals surface area contributed by atoms with Crippen molar-refractivity contribution in [2.75, 3.05) is 7.11 Å². The van der Waals surface area contributed by atoms with Gasteiger partial charge in [0.15, 0.2) is 0 Å². The lowest BCUT2D eigenvalue weighted by molar-refractivity contribution is -0.119. The van der Waals surface area contributed by atoms with Gasteiger partial charge in [-0.05, 0) is 23.3 Å². The highest BCUT2D eigenvalue weighted by atomic mass is 32.2. The maximum Gasteiger partial charge on any atom is 0.135 e. The molecule has 2 aromatic rings. The average Bonchev–Trinajstić information content (AvgIpc) is 2.55. The zero-order chi connectivity index (χ0) is 14.7. The fourth-order valence-electron chi connectivity index (χ4n) is 2.67. The van der Waals surface area contributed by atoms with E-state index in [1.54, 1.807) is 7.11 Å². The predicted molar refractivity (Wildman–Crippen MR) is 86.8 cm³/mol. The lowest BCUT2D eigenvalue weighted by Gasteiger charge is -2.28. The van der Waals surface area contributed by atoms with Crippen LogP contribution in [0.15, 0.2) is 54.6 Å². The Bertz CT molecular complexity index is 607. The minimum absolute atomic E-state index is 0.238. The highest BCUT2D eigenvalue weighted by Gasteiger charge is 2.29. The van der Waals surface area contributed by atoms with Gasteiger partial charge >= 0.3 is 0 Å². The standard InChI is InChI=1S/C18H18O2S/c1-20-16-9-7-14(8-10-16)18-12-15(19)11-17(21-18)13-5-3-2-4-6-13/h2-10,17-18H,11-12H2,1H3/t17-,18+/m0/s1. The summed E-state index contributed by atoms with van der Waals surface area (Å²) in [6.07, 6.45) is 1.27. The number of Topliss-reactive ketones (excluding diaryl/α,β-unsaturated/α-hetero) is 1. The third kappa shape index (κ3) is 3.30. The molecule has 0 amide bonds. The Morgan fingerprint density at radius 2 is 1.48 bits per heavy atom. The largest absolute Gasteiger partial charge is 0.497 e. The van der Waals surface area contributed by atoms with Gasteiger partial charge in [-0.1, -0.05) is 42.5 Å². The van der Waals surface area contributed by atoms with E-state index >= 15 is 0 Å². The summed E-state index contributed by atoms with van der Waals surface area (Å²) in [4.78, 5) is 12.1. The average molecular weight is 298 g/mol. The van der Waals surface area contributed by atoms with Gasteiger partial charge in [-0.25, -0.2) is 0 Å². The van der Waals surface area contributed by atoms with Crippen molar-refractivity contribution in [3.63, 3.8) is 0 Å². The summed E-state index contributed by atoms with van der Waals surface area (Å²) < 4.78 is 5.19. The summed E-state index contributed by atoms with van der Waals surface area (Å²) in [5.41, 5.74) is 2.45. The van der Waals surface area contributed by atoms with E-state index in [1.807, 2.05) is 42.1 Å². The molecule has 0 radical (unpaired) electrons. The fraction of sp³-hybridized carbons (Fsp3) is 0.278. The van der Waals surface area contributed by atoms with Gasteiger partial charge in [0.2, 0.25) is 0 Å². The first-order valence-electron chi connectivity index (χ1n) is 7.12. The fourth-order valence-corrected chi connectivity index (χ4v) is 4.26. The molecular formula is C18H18O2S. The van der Waals surface area contributed by atoms with E-state index in [9.17, 15) is 4.79 Å². The first-order valence-corrected chi connectivity index (χ1v) is 8.06. The number of carbonyl (C=O) groups excluding carboxylic acids is 1. The number of benzene rings is 2. The van der Waals surface area contributed by atoms with E-state index < -0.39 is 0 Å². The first-order chi connectivity index (χ1) is 10.3. The smallest absolute Gasteiger partial charge is 0.135 e. The number of carbonyl (C=O) groups is 1. The van der Waals surface area contributed by atoms with Crippen molar-refractivity contribution in [1.29, 1.82) is 0 Å². The minimum Gasteiger partial charge on any atom is -0.497 e. The van der Waals surface area contributed by atoms with Gasteiger partial charge in [0, 0.05) is 23.3 Å². The molecule has 0 bridgehead atoms. The van der Waals surface area contributed by atoms with E-state index in [4.69, 9.17) is 4.74 Å². The summed E-state index contributed by atoms with van der Waals surface area (Å²) in [5, 5.41) is 0.502. The lowest BCUT2D eigenvalue weighted by atomic mass is 10.0. The molecule has 3 rings (SSSR count). The molecule has 0 unspecified atom stereocenters. The molecule has 1 saturated heterocycles. The van der Waals surface area contributed by atoms with Crippen LogP contribution >= 0.6 is 11.8 Å². The quantitative estimate of drug-likeness (QED) is 0.830. The van der Waals surface area contributed by atoms with Crippen LogP contribution in [0.4, 0.5) is 0 Å². The van der Waals surface area contributed by atoms with E-state index in [-0.39, 0.29) is 10.5 Å². The van der Waals surface area contributed by atoms with Gasteiger partial charge in [-0.3, -0.25) is 4.79 Å². The molecule has 108 valence electrons. The van der Waals surface area contributed by atoms with Gasteiger partial charge in [0.1, 0.15) is 11.5 Å². The minimum atomic E-state index is 0.238. The molecule has 21 heavy (non-hydrogen) atoms. The van der Waals surface area contributed by atoms with Gasteiger partial charge in [0.25, 0.3) is 0 Å². The topological polar surface area (TPSA) is 26.3 Å². The molecule has 1 aliphatic heterocycles. The van der Waals surface area contributed by atoms with Crippen LogP contribution < -0.4 is 4.74 Å². The number of hydrogen-bond acceptors (Lipinski definition) is 3. The second kappa shape index (κ2) is 6.35. The monoisotopic (exact) mass is 298 g/mol. The van der Waals surface area contributed by atoms with Crippen molar-refractivity contribution in [3.8, 4) is 5.75 Å². The maximum absolute atomic E-state index is 12.1. The number of ketones is 1. The number of thioether (sulfide) groups is 1. The van der Waals surface area contributed by atoms with Gasteiger partial charge in [-0.2, -0.15) is 0 Å². The van der Waals surface area contributed by atoms with E-state index in [0.717, 1.165) is 5.75 Å². The number of ether oxygens (including phenoxy) is 1. The van der Waals surface area contributed by atoms with Gasteiger partial charge in [0.05, 0.1) is 7.11 Å². The predicted octanol–water partition coefficient (Wildman–Crippen LogP) is 4.57. The van der Waals surface area contributed by atoms with Crippen molar-refractivity contribution in [2.24, 2.45) is 0 Å². The van der Waals surface area contributed by atoms with Crippen molar-refractivity contribution in [3.05, 3.63) is 65.7 Å². The Kier molecular flexibility index (Phi) is 4.30. The van der Waals surface area contributed by atoms with Crippen LogP contribution in [0.5, 0.6) is 5.75 Å². The van der Waals surface area contributed by atoms with E-state index in [1.165, 1.54) is 11.1 Å². The zero-order valence-electron chi connectivity index (χ0n) is 12.0. The molecule has 3 heteroatoms. The maximum atomic E-state index is 12.1. The van der Waals surface area contributed by atoms with Crippen LogP contribution in [0.1, 0.15) is 34.5 Å². The first kappa shape index (κ1) is 14.2. The van der Waals surface area contributed by atoms with Crippen LogP contribution in [0.25, 0.3) is 0 Å². The normalized spacial score (nSPS) is 22.0. The summed E-state index contributed by atoms with van der Waals surface area (Å²) in [6, 6.07) is 18.4. The summed E-state index contributed by atoms with van der Waals surface area (Å²) in [6.45, 7) is 0. The molecular weight excluding hydrogens is 280 g/mol. The van der Waals surface area contributed by atoms with Crippen LogP contribution in [-0.4, -0.2) is 12.9 Å². The molecule has 2 atom stereocenters. The summed E-state index contributed by atoms with van der Waals surface area (Å²) in [5.74, 6) is 1.20. The molecule has 1 heterocycles. The van der Waals surface area contributed by atoms with Crippen molar-refractivity contribution >= 4 is 17.5 Å². The van der Waals surface area contributed by atoms with Crippen molar-refractivity contribution in [2.45, 2.75) is 23.3 Å². The van der Waals surface area contributed by atoms with E-state index in [0.29, 0.717) is 18.6 Å². The van der Waals surface area contributed by atoms with Crippen LogP contribution in [-0.2, 0) is 4.79 Å². The Morgan fingerprint density at radius 3 is 2.05 bits per heavy atom. The SMILES string of the molecule is COc1ccc([C@H]2CC(=O)C[C@@H](c3ccccc3)S2)cc1. The highest BCUT2D eigenvalue weighted by molar-refractivity contribution is 7.99. The van der Waals surface area contributed by atoms with E-state index in [2.05, 4.69) is 24.3 Å². The van der Waals surface area contributed by atoms with Gasteiger partial charge in [-0.15, -0.1) is 11.8 Å². The van der Waals surface area contributed by atoms with Gasteiger partial charge < -0.3 is 4.74 Å². The van der Waals surface area contributed by atoms with Crippen molar-refractivity contribution < 1.29 is 9.53 Å². The molecule has 0 aromatic heterocycles. The molecule has 0 aliphatic carbocycles.